The second-order valence-electron chi connectivity index (χ2n) is 17.6. The van der Waals surface area contributed by atoms with E-state index in [2.05, 4.69) is 83.1 Å². The summed E-state index contributed by atoms with van der Waals surface area (Å²) in [5.74, 6) is -0.0712. The molecular weight excluding hydrogens is 592 g/mol. The lowest BCUT2D eigenvalue weighted by Crippen LogP contribution is -2.35. The van der Waals surface area contributed by atoms with Gasteiger partial charge in [-0.3, -0.25) is 9.59 Å². The average Bonchev–Trinajstić information content (AvgIpc) is 2.91. The van der Waals surface area contributed by atoms with Gasteiger partial charge in [0.1, 0.15) is 24.7 Å². The number of phenolic OH excluding ortho intramolecular Hbond substituents is 2. The van der Waals surface area contributed by atoms with Crippen molar-refractivity contribution in [2.75, 3.05) is 26.9 Å². The van der Waals surface area contributed by atoms with E-state index in [1.165, 1.54) is 0 Å². The lowest BCUT2D eigenvalue weighted by Gasteiger charge is -2.29. The smallest absolute Gasteiger partial charge is 0.306 e. The highest BCUT2D eigenvalue weighted by Gasteiger charge is 2.31. The van der Waals surface area contributed by atoms with Crippen molar-refractivity contribution in [2.45, 2.75) is 137 Å². The van der Waals surface area contributed by atoms with E-state index < -0.39 is 5.41 Å². The summed E-state index contributed by atoms with van der Waals surface area (Å²) in [6.45, 7) is 27.0. The number of benzene rings is 2. The first-order valence-corrected chi connectivity index (χ1v) is 16.8. The minimum absolute atomic E-state index is 0.0465. The maximum absolute atomic E-state index is 12.9. The van der Waals surface area contributed by atoms with Crippen LogP contribution in [0.25, 0.3) is 0 Å². The molecule has 0 amide bonds. The average molecular weight is 655 g/mol. The topological polar surface area (TPSA) is 102 Å². The Morgan fingerprint density at radius 2 is 0.809 bits per heavy atom. The largest absolute Gasteiger partial charge is 0.507 e. The van der Waals surface area contributed by atoms with E-state index in [9.17, 15) is 19.8 Å². The van der Waals surface area contributed by atoms with Crippen molar-refractivity contribution >= 4 is 11.9 Å². The van der Waals surface area contributed by atoms with E-state index in [0.717, 1.165) is 33.4 Å². The van der Waals surface area contributed by atoms with Crippen LogP contribution in [-0.2, 0) is 58.3 Å². The highest BCUT2D eigenvalue weighted by Crippen LogP contribution is 2.41. The van der Waals surface area contributed by atoms with E-state index in [1.807, 2.05) is 31.2 Å². The van der Waals surface area contributed by atoms with Gasteiger partial charge in [0, 0.05) is 20.0 Å². The van der Waals surface area contributed by atoms with Gasteiger partial charge in [0.05, 0.1) is 12.0 Å². The van der Waals surface area contributed by atoms with Gasteiger partial charge in [0.25, 0.3) is 0 Å². The summed E-state index contributed by atoms with van der Waals surface area (Å²) in [6.07, 6.45) is 1.32. The number of esters is 2. The molecule has 7 heteroatoms. The van der Waals surface area contributed by atoms with E-state index in [1.54, 1.807) is 7.11 Å². The van der Waals surface area contributed by atoms with E-state index >= 15 is 0 Å². The predicted octanol–water partition coefficient (Wildman–Crippen LogP) is 8.59. The molecule has 0 aliphatic heterocycles. The number of methoxy groups -OCH3 is 1. The SMILES string of the molecule is COCC(C)(COC(=O)CCc1cc(C(C)(C)C)c(O)c(C(C)(C)C)c1)COC(=O)CCc1cc(C(C)(C)C)c(O)c(C(C)(C)C)c1. The maximum Gasteiger partial charge on any atom is 0.306 e. The van der Waals surface area contributed by atoms with Crippen LogP contribution in [0.5, 0.6) is 11.5 Å². The van der Waals surface area contributed by atoms with Crippen LogP contribution in [0.4, 0.5) is 0 Å². The van der Waals surface area contributed by atoms with Gasteiger partial charge < -0.3 is 24.4 Å². The van der Waals surface area contributed by atoms with Crippen LogP contribution >= 0.6 is 0 Å². The van der Waals surface area contributed by atoms with Gasteiger partial charge in [-0.15, -0.1) is 0 Å². The predicted molar refractivity (Wildman–Crippen MR) is 190 cm³/mol. The third kappa shape index (κ3) is 11.5. The first kappa shape index (κ1) is 40.1. The zero-order valence-electron chi connectivity index (χ0n) is 31.7. The standard InChI is InChI=1S/C40H62O7/c1-36(2,3)28-19-26(20-29(34(28)43)37(4,5)6)15-17-32(41)46-24-40(13,23-45-14)25-47-33(42)18-16-27-21-30(38(7,8)9)35(44)31(22-27)39(10,11)12/h19-22,43-44H,15-18,23-25H2,1-14H3. The fourth-order valence-corrected chi connectivity index (χ4v) is 5.58. The van der Waals surface area contributed by atoms with E-state index in [0.29, 0.717) is 24.3 Å². The number of hydrogen-bond acceptors (Lipinski definition) is 7. The second kappa shape index (κ2) is 15.0. The Bertz CT molecular complexity index is 1220. The third-order valence-corrected chi connectivity index (χ3v) is 8.46. The van der Waals surface area contributed by atoms with Crippen molar-refractivity contribution in [2.24, 2.45) is 5.41 Å². The molecule has 0 bridgehead atoms. The van der Waals surface area contributed by atoms with E-state index in [4.69, 9.17) is 14.2 Å². The Labute approximate surface area is 284 Å². The molecule has 0 radical (unpaired) electrons. The lowest BCUT2D eigenvalue weighted by atomic mass is 9.78. The van der Waals surface area contributed by atoms with Gasteiger partial charge in [-0.2, -0.15) is 0 Å². The first-order chi connectivity index (χ1) is 21.3. The van der Waals surface area contributed by atoms with Crippen LogP contribution in [0.15, 0.2) is 24.3 Å². The molecular formula is C40H62O7. The summed E-state index contributed by atoms with van der Waals surface area (Å²) in [4.78, 5) is 25.8. The summed E-state index contributed by atoms with van der Waals surface area (Å²) in [5.41, 5.74) is 3.65. The Morgan fingerprint density at radius 3 is 1.04 bits per heavy atom. The molecule has 0 unspecified atom stereocenters. The van der Waals surface area contributed by atoms with Crippen molar-refractivity contribution in [3.8, 4) is 11.5 Å². The van der Waals surface area contributed by atoms with Crippen molar-refractivity contribution in [1.82, 2.24) is 0 Å². The zero-order valence-corrected chi connectivity index (χ0v) is 31.7. The van der Waals surface area contributed by atoms with Crippen molar-refractivity contribution < 1.29 is 34.0 Å². The number of phenols is 2. The molecule has 2 rings (SSSR count). The molecule has 0 aromatic heterocycles. The molecule has 7 nitrogen and oxygen atoms in total. The maximum atomic E-state index is 12.9. The summed E-state index contributed by atoms with van der Waals surface area (Å²) < 4.78 is 16.8. The minimum atomic E-state index is -0.714. The van der Waals surface area contributed by atoms with Crippen LogP contribution < -0.4 is 0 Å². The molecule has 0 saturated heterocycles. The van der Waals surface area contributed by atoms with Gasteiger partial charge in [-0.25, -0.2) is 0 Å². The van der Waals surface area contributed by atoms with Crippen LogP contribution in [0.1, 0.15) is 136 Å². The van der Waals surface area contributed by atoms with Crippen LogP contribution in [0.2, 0.25) is 0 Å². The molecule has 47 heavy (non-hydrogen) atoms. The fraction of sp³-hybridized carbons (Fsp3) is 0.650. The molecule has 0 heterocycles. The third-order valence-electron chi connectivity index (χ3n) is 8.46. The molecule has 0 spiro atoms. The molecule has 0 aliphatic carbocycles. The molecule has 0 aliphatic rings. The normalized spacial score (nSPS) is 13.1. The number of carbonyl (C=O) groups excluding carboxylic acids is 2. The Kier molecular flexibility index (Phi) is 12.8. The Morgan fingerprint density at radius 1 is 0.532 bits per heavy atom. The quantitative estimate of drug-likeness (QED) is 0.221. The Hall–Kier alpha value is -3.06. The minimum Gasteiger partial charge on any atom is -0.507 e. The number of aromatic hydroxyl groups is 2. The van der Waals surface area contributed by atoms with Crippen LogP contribution in [0.3, 0.4) is 0 Å². The van der Waals surface area contributed by atoms with Gasteiger partial charge in [0.15, 0.2) is 0 Å². The molecule has 0 atom stereocenters. The summed E-state index contributed by atoms with van der Waals surface area (Å²) in [7, 11) is 1.57. The molecule has 264 valence electrons. The number of carbonyl (C=O) groups is 2. The zero-order chi connectivity index (χ0) is 36.2. The molecule has 0 fully saturated rings. The Balaban J connectivity index is 2.04. The van der Waals surface area contributed by atoms with Gasteiger partial charge in [-0.05, 0) is 67.9 Å². The number of aryl methyl sites for hydroxylation is 2. The highest BCUT2D eigenvalue weighted by atomic mass is 16.6. The van der Waals surface area contributed by atoms with Gasteiger partial charge >= 0.3 is 11.9 Å². The summed E-state index contributed by atoms with van der Waals surface area (Å²) >= 11 is 0. The highest BCUT2D eigenvalue weighted by molar-refractivity contribution is 5.70. The first-order valence-electron chi connectivity index (χ1n) is 16.8. The molecule has 2 N–H and O–H groups in total. The fourth-order valence-electron chi connectivity index (χ4n) is 5.58. The van der Waals surface area contributed by atoms with Crippen molar-refractivity contribution in [3.05, 3.63) is 57.6 Å². The molecule has 2 aromatic rings. The van der Waals surface area contributed by atoms with Crippen LogP contribution in [-0.4, -0.2) is 49.1 Å². The number of hydrogen-bond donors (Lipinski definition) is 2. The van der Waals surface area contributed by atoms with Crippen molar-refractivity contribution in [1.29, 1.82) is 0 Å². The summed E-state index contributed by atoms with van der Waals surface area (Å²) in [6, 6.07) is 7.94. The van der Waals surface area contributed by atoms with Crippen LogP contribution in [0, 0.1) is 5.41 Å². The molecule has 0 saturated carbocycles. The number of ether oxygens (including phenoxy) is 3. The van der Waals surface area contributed by atoms with E-state index in [-0.39, 0.29) is 66.3 Å². The molecule has 2 aromatic carbocycles. The lowest BCUT2D eigenvalue weighted by molar-refractivity contribution is -0.155. The van der Waals surface area contributed by atoms with Gasteiger partial charge in [0.2, 0.25) is 0 Å². The summed E-state index contributed by atoms with van der Waals surface area (Å²) in [5, 5.41) is 22.0. The number of rotatable bonds is 12. The second-order valence-corrected chi connectivity index (χ2v) is 17.6. The van der Waals surface area contributed by atoms with Gasteiger partial charge in [-0.1, -0.05) is 114 Å². The van der Waals surface area contributed by atoms with Crippen molar-refractivity contribution in [3.63, 3.8) is 0 Å². The monoisotopic (exact) mass is 654 g/mol.